The number of H-pyrrole nitrogens is 1. The maximum Gasteiger partial charge on any atom is 0.417 e. The largest absolute Gasteiger partial charge is 0.417 e. The molecule has 2 aliphatic heterocycles. The molecule has 5 rings (SSSR count). The maximum atomic E-state index is 15.7. The van der Waals surface area contributed by atoms with Crippen molar-refractivity contribution in [3.8, 4) is 11.1 Å². The third kappa shape index (κ3) is 6.64. The van der Waals surface area contributed by atoms with Crippen molar-refractivity contribution in [2.24, 2.45) is 0 Å². The van der Waals surface area contributed by atoms with Gasteiger partial charge in [0.1, 0.15) is 5.82 Å². The standard InChI is InChI=1S/C29H33F4N7O3/c1-17-16-40(9-8-38(17)3)24-12-22(30)19(18-13-35-27(36-14-18)39-6-4-28(2,43)5-7-39)10-23(24)37-26(42)20-15-34-25(41)11-21(20)29(31,32)33/h10-15,17,43H,4-9,16H2,1-3H3,(H,34,41)(H,37,42)/t17-/m1/s1. The molecule has 0 radical (unpaired) electrons. The van der Waals surface area contributed by atoms with E-state index in [1.807, 2.05) is 23.8 Å². The van der Waals surface area contributed by atoms with Crippen molar-refractivity contribution in [3.05, 3.63) is 64.1 Å². The first-order valence-corrected chi connectivity index (χ1v) is 13.9. The monoisotopic (exact) mass is 603 g/mol. The van der Waals surface area contributed by atoms with Gasteiger partial charge in [0.25, 0.3) is 5.91 Å². The molecule has 0 aliphatic carbocycles. The average Bonchev–Trinajstić information content (AvgIpc) is 2.95. The quantitative estimate of drug-likeness (QED) is 0.378. The SMILES string of the molecule is C[C@@H]1CN(c2cc(F)c(-c3cnc(N4CCC(C)(O)CC4)nc3)cc2NC(=O)c2c[nH]c(=O)cc2C(F)(F)F)CCN1C. The molecule has 2 aliphatic rings. The van der Waals surface area contributed by atoms with E-state index in [4.69, 9.17) is 0 Å². The van der Waals surface area contributed by atoms with Crippen LogP contribution in [0.5, 0.6) is 0 Å². The van der Waals surface area contributed by atoms with Crippen LogP contribution in [0.25, 0.3) is 11.1 Å². The molecular formula is C29H33F4N7O3. The fourth-order valence-corrected chi connectivity index (χ4v) is 5.31. The summed E-state index contributed by atoms with van der Waals surface area (Å²) in [5.41, 5.74) is -3.15. The molecule has 0 bridgehead atoms. The summed E-state index contributed by atoms with van der Waals surface area (Å²) in [5, 5.41) is 12.8. The number of alkyl halides is 3. The van der Waals surface area contributed by atoms with Crippen LogP contribution in [0, 0.1) is 5.82 Å². The lowest BCUT2D eigenvalue weighted by Crippen LogP contribution is -2.50. The minimum Gasteiger partial charge on any atom is -0.390 e. The van der Waals surface area contributed by atoms with Crippen molar-refractivity contribution < 1.29 is 27.5 Å². The molecule has 0 saturated carbocycles. The molecule has 43 heavy (non-hydrogen) atoms. The Morgan fingerprint density at radius 2 is 1.77 bits per heavy atom. The lowest BCUT2D eigenvalue weighted by Gasteiger charge is -2.39. The first-order chi connectivity index (χ1) is 20.2. The highest BCUT2D eigenvalue weighted by atomic mass is 19.4. The number of carbonyl (C=O) groups excluding carboxylic acids is 1. The molecule has 1 aromatic carbocycles. The van der Waals surface area contributed by atoms with E-state index in [9.17, 15) is 27.9 Å². The number of aromatic amines is 1. The fourth-order valence-electron chi connectivity index (χ4n) is 5.31. The van der Waals surface area contributed by atoms with Crippen molar-refractivity contribution in [2.45, 2.75) is 44.5 Å². The number of aromatic nitrogens is 3. The van der Waals surface area contributed by atoms with Crippen LogP contribution in [-0.2, 0) is 6.18 Å². The first-order valence-electron chi connectivity index (χ1n) is 13.9. The van der Waals surface area contributed by atoms with Crippen molar-refractivity contribution in [3.63, 3.8) is 0 Å². The number of pyridine rings is 1. The number of nitrogens with one attached hydrogen (secondary N) is 2. The van der Waals surface area contributed by atoms with Gasteiger partial charge in [-0.1, -0.05) is 0 Å². The number of halogens is 4. The molecule has 2 fully saturated rings. The molecule has 10 nitrogen and oxygen atoms in total. The normalized spacial score (nSPS) is 19.4. The lowest BCUT2D eigenvalue weighted by molar-refractivity contribution is -0.138. The summed E-state index contributed by atoms with van der Waals surface area (Å²) >= 11 is 0. The third-order valence-corrected chi connectivity index (χ3v) is 8.18. The van der Waals surface area contributed by atoms with Crippen LogP contribution in [0.3, 0.4) is 0 Å². The van der Waals surface area contributed by atoms with E-state index in [1.54, 1.807) is 6.92 Å². The Labute approximate surface area is 245 Å². The van der Waals surface area contributed by atoms with E-state index < -0.39 is 40.2 Å². The first kappa shape index (κ1) is 30.4. The van der Waals surface area contributed by atoms with Gasteiger partial charge in [-0.05, 0) is 45.9 Å². The highest BCUT2D eigenvalue weighted by molar-refractivity contribution is 6.07. The van der Waals surface area contributed by atoms with E-state index in [0.717, 1.165) is 6.20 Å². The molecule has 1 atom stereocenters. The van der Waals surface area contributed by atoms with Crippen LogP contribution < -0.4 is 20.7 Å². The van der Waals surface area contributed by atoms with Gasteiger partial charge in [-0.2, -0.15) is 13.2 Å². The molecule has 0 unspecified atom stereocenters. The summed E-state index contributed by atoms with van der Waals surface area (Å²) in [7, 11) is 1.96. The topological polar surface area (TPSA) is 118 Å². The highest BCUT2D eigenvalue weighted by Gasteiger charge is 2.36. The molecule has 2 saturated heterocycles. The summed E-state index contributed by atoms with van der Waals surface area (Å²) in [6.45, 7) is 6.52. The smallest absolute Gasteiger partial charge is 0.390 e. The minimum absolute atomic E-state index is 0.0480. The van der Waals surface area contributed by atoms with Crippen molar-refractivity contribution in [1.82, 2.24) is 19.9 Å². The second-order valence-corrected chi connectivity index (χ2v) is 11.5. The van der Waals surface area contributed by atoms with Gasteiger partial charge in [-0.25, -0.2) is 14.4 Å². The molecule has 3 N–H and O–H groups in total. The second-order valence-electron chi connectivity index (χ2n) is 11.5. The number of nitrogens with zero attached hydrogens (tertiary/aromatic N) is 5. The Morgan fingerprint density at radius 3 is 2.40 bits per heavy atom. The number of likely N-dealkylation sites (N-methyl/N-ethyl adjacent to an activating group) is 1. The molecule has 1 amide bonds. The average molecular weight is 604 g/mol. The summed E-state index contributed by atoms with van der Waals surface area (Å²) in [5.74, 6) is -1.31. The van der Waals surface area contributed by atoms with Gasteiger partial charge in [0.05, 0.1) is 28.1 Å². The van der Waals surface area contributed by atoms with E-state index in [1.165, 1.54) is 24.5 Å². The number of aliphatic hydroxyl groups is 1. The van der Waals surface area contributed by atoms with Crippen molar-refractivity contribution in [2.75, 3.05) is 54.9 Å². The molecule has 230 valence electrons. The summed E-state index contributed by atoms with van der Waals surface area (Å²) in [6.07, 6.45) is -0.245. The van der Waals surface area contributed by atoms with E-state index in [-0.39, 0.29) is 17.3 Å². The van der Waals surface area contributed by atoms with Gasteiger partial charge in [0, 0.05) is 74.5 Å². The van der Waals surface area contributed by atoms with Gasteiger partial charge >= 0.3 is 6.18 Å². The van der Waals surface area contributed by atoms with Gasteiger partial charge in [0.2, 0.25) is 11.5 Å². The van der Waals surface area contributed by atoms with Gasteiger partial charge in [0.15, 0.2) is 0 Å². The van der Waals surface area contributed by atoms with E-state index in [0.29, 0.717) is 68.8 Å². The summed E-state index contributed by atoms with van der Waals surface area (Å²) in [6, 6.07) is 3.04. The number of piperidine rings is 1. The molecule has 14 heteroatoms. The zero-order chi connectivity index (χ0) is 31.1. The number of hydrogen-bond donors (Lipinski definition) is 3. The van der Waals surface area contributed by atoms with Crippen molar-refractivity contribution in [1.29, 1.82) is 0 Å². The minimum atomic E-state index is -4.95. The predicted octanol–water partition coefficient (Wildman–Crippen LogP) is 3.73. The van der Waals surface area contributed by atoms with Gasteiger partial charge in [-0.3, -0.25) is 9.59 Å². The molecular weight excluding hydrogens is 570 g/mol. The lowest BCUT2D eigenvalue weighted by atomic mass is 9.94. The third-order valence-electron chi connectivity index (χ3n) is 8.18. The Kier molecular flexibility index (Phi) is 8.18. The molecule has 3 aromatic rings. The number of benzene rings is 1. The van der Waals surface area contributed by atoms with Gasteiger partial charge < -0.3 is 30.1 Å². The highest BCUT2D eigenvalue weighted by Crippen LogP contribution is 2.37. The zero-order valence-electron chi connectivity index (χ0n) is 24.0. The van der Waals surface area contributed by atoms with E-state index >= 15 is 4.39 Å². The number of hydrogen-bond acceptors (Lipinski definition) is 8. The van der Waals surface area contributed by atoms with Crippen molar-refractivity contribution >= 4 is 23.2 Å². The fraction of sp³-hybridized carbons (Fsp3) is 0.448. The molecule has 0 spiro atoms. The zero-order valence-corrected chi connectivity index (χ0v) is 24.0. The molecule has 2 aromatic heterocycles. The van der Waals surface area contributed by atoms with Crippen LogP contribution in [0.4, 0.5) is 34.9 Å². The number of anilines is 3. The second kappa shape index (κ2) is 11.6. The Bertz CT molecular complexity index is 1550. The van der Waals surface area contributed by atoms with Crippen LogP contribution in [-0.4, -0.2) is 82.3 Å². The van der Waals surface area contributed by atoms with Crippen LogP contribution in [0.15, 0.2) is 41.6 Å². The Hall–Kier alpha value is -4.04. The van der Waals surface area contributed by atoms with Crippen LogP contribution in [0.1, 0.15) is 42.6 Å². The summed E-state index contributed by atoms with van der Waals surface area (Å²) in [4.78, 5) is 41.7. The Morgan fingerprint density at radius 1 is 1.09 bits per heavy atom. The number of carbonyl (C=O) groups is 1. The maximum absolute atomic E-state index is 15.7. The Balaban J connectivity index is 1.50. The summed E-state index contributed by atoms with van der Waals surface area (Å²) < 4.78 is 56.8. The van der Waals surface area contributed by atoms with Crippen LogP contribution >= 0.6 is 0 Å². The number of amides is 1. The van der Waals surface area contributed by atoms with Crippen LogP contribution in [0.2, 0.25) is 0 Å². The van der Waals surface area contributed by atoms with Gasteiger partial charge in [-0.15, -0.1) is 0 Å². The molecule has 4 heterocycles. The number of rotatable bonds is 5. The predicted molar refractivity (Wildman–Crippen MR) is 154 cm³/mol. The van der Waals surface area contributed by atoms with E-state index in [2.05, 4.69) is 25.2 Å². The number of piperazine rings is 1.